The summed E-state index contributed by atoms with van der Waals surface area (Å²) >= 11 is 12.4. The van der Waals surface area contributed by atoms with Gasteiger partial charge in [-0.15, -0.1) is 0 Å². The molecule has 2 amide bonds. The molecule has 3 aliphatic carbocycles. The molecule has 2 bridgehead atoms. The molecule has 4 aliphatic rings. The van der Waals surface area contributed by atoms with E-state index in [1.165, 1.54) is 6.07 Å². The van der Waals surface area contributed by atoms with Crippen LogP contribution in [0.25, 0.3) is 0 Å². The van der Waals surface area contributed by atoms with E-state index in [4.69, 9.17) is 23.2 Å². The molecule has 1 fully saturated rings. The predicted octanol–water partition coefficient (Wildman–Crippen LogP) is 4.74. The van der Waals surface area contributed by atoms with Crippen molar-refractivity contribution in [1.82, 2.24) is 0 Å². The highest BCUT2D eigenvalue weighted by molar-refractivity contribution is 6.38. The fourth-order valence-electron chi connectivity index (χ4n) is 5.93. The first kappa shape index (κ1) is 18.8. The molecule has 3 aromatic carbocycles. The summed E-state index contributed by atoms with van der Waals surface area (Å²) in [5.41, 5.74) is 2.55. The van der Waals surface area contributed by atoms with E-state index in [2.05, 4.69) is 0 Å². The number of benzene rings is 3. The van der Waals surface area contributed by atoms with E-state index in [9.17, 15) is 14.4 Å². The summed E-state index contributed by atoms with van der Waals surface area (Å²) in [6, 6.07) is 20.0. The standard InChI is InChI=1S/C25H15Cl2NO3/c26-13-9-10-19(18(27)11-13)28-23(30)21-20-14-5-1-3-7-16(14)25(12-29,22(21)24(28)31)17-8-4-2-6-15(17)20/h1-12,20-22H/t20?,21-,22-,25?/m0/s1. The van der Waals surface area contributed by atoms with Gasteiger partial charge in [0, 0.05) is 10.9 Å². The van der Waals surface area contributed by atoms with Gasteiger partial charge in [0.25, 0.3) is 0 Å². The van der Waals surface area contributed by atoms with Crippen molar-refractivity contribution in [1.29, 1.82) is 0 Å². The van der Waals surface area contributed by atoms with E-state index in [-0.39, 0.29) is 16.8 Å². The minimum atomic E-state index is -1.22. The maximum Gasteiger partial charge on any atom is 0.239 e. The first-order valence-corrected chi connectivity index (χ1v) is 10.7. The Morgan fingerprint density at radius 1 is 0.839 bits per heavy atom. The van der Waals surface area contributed by atoms with Crippen LogP contribution in [0.1, 0.15) is 28.2 Å². The molecule has 7 rings (SSSR count). The van der Waals surface area contributed by atoms with Crippen LogP contribution in [-0.4, -0.2) is 18.1 Å². The zero-order valence-electron chi connectivity index (χ0n) is 16.1. The van der Waals surface area contributed by atoms with Crippen molar-refractivity contribution in [2.45, 2.75) is 11.3 Å². The average Bonchev–Trinajstić information content (AvgIpc) is 3.05. The number of hydrogen-bond acceptors (Lipinski definition) is 3. The van der Waals surface area contributed by atoms with Gasteiger partial charge >= 0.3 is 0 Å². The van der Waals surface area contributed by atoms with Crippen molar-refractivity contribution in [3.05, 3.63) is 99.0 Å². The van der Waals surface area contributed by atoms with Crippen molar-refractivity contribution in [2.75, 3.05) is 4.90 Å². The van der Waals surface area contributed by atoms with E-state index in [0.29, 0.717) is 10.7 Å². The molecule has 0 N–H and O–H groups in total. The van der Waals surface area contributed by atoms with E-state index in [1.807, 2.05) is 48.5 Å². The lowest BCUT2D eigenvalue weighted by Crippen LogP contribution is -2.54. The number of aldehydes is 1. The van der Waals surface area contributed by atoms with Gasteiger partial charge in [-0.3, -0.25) is 9.59 Å². The molecule has 0 spiro atoms. The highest BCUT2D eigenvalue weighted by Gasteiger charge is 2.68. The Labute approximate surface area is 188 Å². The molecule has 0 radical (unpaired) electrons. The Morgan fingerprint density at radius 2 is 1.45 bits per heavy atom. The monoisotopic (exact) mass is 447 g/mol. The molecule has 4 nitrogen and oxygen atoms in total. The third kappa shape index (κ3) is 2.14. The molecule has 0 unspecified atom stereocenters. The first-order chi connectivity index (χ1) is 15.0. The van der Waals surface area contributed by atoms with Crippen molar-refractivity contribution in [3.63, 3.8) is 0 Å². The summed E-state index contributed by atoms with van der Waals surface area (Å²) in [6.07, 6.45) is 0.857. The molecule has 6 heteroatoms. The van der Waals surface area contributed by atoms with Gasteiger partial charge < -0.3 is 4.79 Å². The largest absolute Gasteiger partial charge is 0.302 e. The van der Waals surface area contributed by atoms with Gasteiger partial charge in [-0.05, 0) is 40.5 Å². The average molecular weight is 448 g/mol. The van der Waals surface area contributed by atoms with Crippen LogP contribution >= 0.6 is 23.2 Å². The highest BCUT2D eigenvalue weighted by Crippen LogP contribution is 2.63. The zero-order chi connectivity index (χ0) is 21.5. The molecule has 2 atom stereocenters. The Balaban J connectivity index is 1.65. The van der Waals surface area contributed by atoms with Crippen molar-refractivity contribution in [3.8, 4) is 0 Å². The van der Waals surface area contributed by atoms with Crippen LogP contribution in [0.3, 0.4) is 0 Å². The summed E-state index contributed by atoms with van der Waals surface area (Å²) in [5, 5.41) is 0.630. The Morgan fingerprint density at radius 3 is 2.03 bits per heavy atom. The fraction of sp³-hybridized carbons (Fsp3) is 0.160. The number of nitrogens with zero attached hydrogens (tertiary/aromatic N) is 1. The number of amides is 2. The summed E-state index contributed by atoms with van der Waals surface area (Å²) < 4.78 is 0. The van der Waals surface area contributed by atoms with Crippen LogP contribution in [0.5, 0.6) is 0 Å². The third-order valence-corrected chi connectivity index (χ3v) is 7.56. The second-order valence-corrected chi connectivity index (χ2v) is 9.09. The Kier molecular flexibility index (Phi) is 3.81. The zero-order valence-corrected chi connectivity index (χ0v) is 17.6. The maximum atomic E-state index is 13.8. The highest BCUT2D eigenvalue weighted by atomic mass is 35.5. The number of carbonyl (C=O) groups excluding carboxylic acids is 3. The van der Waals surface area contributed by atoms with Crippen LogP contribution < -0.4 is 4.90 Å². The molecule has 3 aromatic rings. The first-order valence-electron chi connectivity index (χ1n) is 9.98. The maximum absolute atomic E-state index is 13.8. The van der Waals surface area contributed by atoms with E-state index >= 15 is 0 Å². The van der Waals surface area contributed by atoms with Crippen LogP contribution in [0.15, 0.2) is 66.7 Å². The second-order valence-electron chi connectivity index (χ2n) is 8.25. The molecule has 1 heterocycles. The number of halogens is 2. The van der Waals surface area contributed by atoms with Crippen molar-refractivity contribution >= 4 is 47.0 Å². The van der Waals surface area contributed by atoms with Gasteiger partial charge in [0.05, 0.1) is 28.0 Å². The summed E-state index contributed by atoms with van der Waals surface area (Å²) in [4.78, 5) is 41.6. The minimum Gasteiger partial charge on any atom is -0.302 e. The van der Waals surface area contributed by atoms with Crippen molar-refractivity contribution < 1.29 is 14.4 Å². The predicted molar refractivity (Wildman–Crippen MR) is 118 cm³/mol. The Bertz CT molecular complexity index is 1270. The van der Waals surface area contributed by atoms with Gasteiger partial charge in [0.15, 0.2) is 0 Å². The smallest absolute Gasteiger partial charge is 0.239 e. The molecular weight excluding hydrogens is 433 g/mol. The number of rotatable bonds is 2. The molecule has 31 heavy (non-hydrogen) atoms. The Hall–Kier alpha value is -2.95. The molecule has 1 saturated heterocycles. The molecule has 1 aliphatic heterocycles. The topological polar surface area (TPSA) is 54.5 Å². The van der Waals surface area contributed by atoms with E-state index < -0.39 is 23.2 Å². The van der Waals surface area contributed by atoms with Gasteiger partial charge in [-0.2, -0.15) is 0 Å². The second kappa shape index (κ2) is 6.28. The molecule has 0 saturated carbocycles. The molecule has 152 valence electrons. The quantitative estimate of drug-likeness (QED) is 0.420. The van der Waals surface area contributed by atoms with Gasteiger partial charge in [0.2, 0.25) is 11.8 Å². The van der Waals surface area contributed by atoms with Crippen molar-refractivity contribution in [2.24, 2.45) is 11.8 Å². The SMILES string of the molecule is O=CC12c3ccccc3C(c3ccccc31)[C@@H]1C(=O)N(c3ccc(Cl)cc3Cl)C(=O)[C@H]12. The minimum absolute atomic E-state index is 0.218. The van der Waals surface area contributed by atoms with Crippen LogP contribution in [0.4, 0.5) is 5.69 Å². The lowest BCUT2D eigenvalue weighted by molar-refractivity contribution is -0.128. The van der Waals surface area contributed by atoms with Crippen LogP contribution in [0, 0.1) is 11.8 Å². The number of anilines is 1. The fourth-order valence-corrected chi connectivity index (χ4v) is 6.42. The summed E-state index contributed by atoms with van der Waals surface area (Å²) in [7, 11) is 0. The summed E-state index contributed by atoms with van der Waals surface area (Å²) in [6.45, 7) is 0. The van der Waals surface area contributed by atoms with Crippen LogP contribution in [0.2, 0.25) is 10.0 Å². The lowest BCUT2D eigenvalue weighted by Gasteiger charge is -2.51. The van der Waals surface area contributed by atoms with Gasteiger partial charge in [-0.25, -0.2) is 4.90 Å². The van der Waals surface area contributed by atoms with Crippen LogP contribution in [-0.2, 0) is 19.8 Å². The number of hydrogen-bond donors (Lipinski definition) is 0. The molecular formula is C25H15Cl2NO3. The normalized spacial score (nSPS) is 27.7. The van der Waals surface area contributed by atoms with E-state index in [1.54, 1.807) is 12.1 Å². The number of imide groups is 1. The molecule has 0 aromatic heterocycles. The number of carbonyl (C=O) groups is 3. The third-order valence-electron chi connectivity index (χ3n) is 7.02. The summed E-state index contributed by atoms with van der Waals surface area (Å²) in [5.74, 6) is -2.53. The lowest BCUT2D eigenvalue weighted by atomic mass is 9.48. The van der Waals surface area contributed by atoms with Gasteiger partial charge in [-0.1, -0.05) is 71.7 Å². The van der Waals surface area contributed by atoms with E-state index in [0.717, 1.165) is 33.4 Å². The van der Waals surface area contributed by atoms with Gasteiger partial charge in [0.1, 0.15) is 6.29 Å².